The fourth-order valence-corrected chi connectivity index (χ4v) is 12.4. The molecule has 13 amide bonds. The van der Waals surface area contributed by atoms with E-state index in [1.54, 1.807) is 87.6 Å². The number of unbranched alkanes of at least 4 members (excludes halogenated alkanes) is 2. The third-order valence-electron chi connectivity index (χ3n) is 19.5. The Morgan fingerprint density at radius 1 is 0.411 bits per heavy atom. The highest BCUT2D eigenvalue weighted by Gasteiger charge is 2.40. The molecule has 0 spiro atoms. The molecule has 0 aliphatic carbocycles. The molecule has 0 aromatic heterocycles. The molecule has 1 rings (SSSR count). The van der Waals surface area contributed by atoms with Gasteiger partial charge in [0.1, 0.15) is 84.0 Å². The zero-order chi connectivity index (χ0) is 85.2. The number of benzene rings is 1. The Labute approximate surface area is 668 Å². The lowest BCUT2D eigenvalue weighted by Crippen LogP contribution is -2.62. The van der Waals surface area contributed by atoms with Crippen molar-refractivity contribution in [3.63, 3.8) is 0 Å². The summed E-state index contributed by atoms with van der Waals surface area (Å²) in [6.07, 6.45) is 4.78. The van der Waals surface area contributed by atoms with Crippen LogP contribution in [0, 0.1) is 47.3 Å². The number of nitrogens with one attached hydrogen (secondary N) is 13. The van der Waals surface area contributed by atoms with Gasteiger partial charge >= 0.3 is 0 Å². The number of aliphatic hydroxyl groups excluding tert-OH is 2. The van der Waals surface area contributed by atoms with E-state index in [9.17, 15) is 77.6 Å². The molecule has 15 atom stereocenters. The van der Waals surface area contributed by atoms with Crippen molar-refractivity contribution >= 4 is 88.6 Å². The lowest BCUT2D eigenvalue weighted by atomic mass is 9.95. The molecule has 0 bridgehead atoms. The number of hydrogen-bond donors (Lipinski definition) is 19. The van der Waals surface area contributed by atoms with E-state index < -0.39 is 185 Å². The van der Waals surface area contributed by atoms with Crippen LogP contribution in [0.2, 0.25) is 0 Å². The van der Waals surface area contributed by atoms with E-state index in [1.165, 1.54) is 36.9 Å². The third-order valence-corrected chi connectivity index (χ3v) is 20.2. The summed E-state index contributed by atoms with van der Waals surface area (Å²) in [5, 5.41) is 66.3. The number of rotatable bonds is 55. The van der Waals surface area contributed by atoms with Gasteiger partial charge < -0.3 is 102 Å². The predicted octanol–water partition coefficient (Wildman–Crippen LogP) is 1.68. The largest absolute Gasteiger partial charge is 0.508 e. The van der Waals surface area contributed by atoms with E-state index in [2.05, 4.69) is 69.1 Å². The highest BCUT2D eigenvalue weighted by Crippen LogP contribution is 2.19. The molecule has 0 saturated heterocycles. The van der Waals surface area contributed by atoms with Crippen molar-refractivity contribution in [2.24, 2.45) is 64.5 Å². The molecule has 32 nitrogen and oxygen atoms in total. The molecule has 0 radical (unpaired) electrons. The maximum Gasteiger partial charge on any atom is 0.268 e. The second kappa shape index (κ2) is 53.9. The predicted molar refractivity (Wildman–Crippen MR) is 434 cm³/mol. The first-order valence-electron chi connectivity index (χ1n) is 40.0. The van der Waals surface area contributed by atoms with Gasteiger partial charge in [0.2, 0.25) is 65.0 Å². The minimum Gasteiger partial charge on any atom is -0.508 e. The average molecular weight is 1600 g/mol. The smallest absolute Gasteiger partial charge is 0.268 e. The van der Waals surface area contributed by atoms with Crippen LogP contribution in [-0.4, -0.2) is 209 Å². The minimum atomic E-state index is -1.40. The van der Waals surface area contributed by atoms with Gasteiger partial charge in [-0.1, -0.05) is 142 Å². The van der Waals surface area contributed by atoms with Crippen molar-refractivity contribution in [2.45, 2.75) is 286 Å². The van der Waals surface area contributed by atoms with Gasteiger partial charge in [0, 0.05) is 6.42 Å². The van der Waals surface area contributed by atoms with Gasteiger partial charge in [0.25, 0.3) is 11.8 Å². The molecule has 112 heavy (non-hydrogen) atoms. The van der Waals surface area contributed by atoms with Crippen molar-refractivity contribution in [2.75, 3.05) is 38.2 Å². The molecule has 1 aromatic carbocycles. The summed E-state index contributed by atoms with van der Waals surface area (Å²) in [6, 6.07) is -8.63. The Morgan fingerprint density at radius 2 is 0.759 bits per heavy atom. The van der Waals surface area contributed by atoms with Crippen LogP contribution in [0.1, 0.15) is 207 Å². The maximum absolute atomic E-state index is 14.7. The number of phenols is 1. The maximum atomic E-state index is 14.7. The van der Waals surface area contributed by atoms with E-state index in [0.29, 0.717) is 49.8 Å². The summed E-state index contributed by atoms with van der Waals surface area (Å²) >= 11 is 1.40. The van der Waals surface area contributed by atoms with Crippen molar-refractivity contribution in [1.82, 2.24) is 69.1 Å². The van der Waals surface area contributed by atoms with Gasteiger partial charge in [-0.2, -0.15) is 11.8 Å². The van der Waals surface area contributed by atoms with E-state index in [0.717, 1.165) is 0 Å². The number of carbonyl (C=O) groups is 13. The number of aromatic hydroxyl groups is 1. The second-order valence-electron chi connectivity index (χ2n) is 31.4. The molecule has 1 aromatic rings. The molecule has 0 unspecified atom stereocenters. The van der Waals surface area contributed by atoms with E-state index in [1.807, 2.05) is 41.5 Å². The summed E-state index contributed by atoms with van der Waals surface area (Å²) in [5.41, 5.74) is 18.0. The Bertz CT molecular complexity index is 3160. The summed E-state index contributed by atoms with van der Waals surface area (Å²) < 4.78 is 0. The van der Waals surface area contributed by atoms with E-state index in [-0.39, 0.29) is 107 Å². The normalized spacial score (nSPS) is 15.8. The van der Waals surface area contributed by atoms with E-state index >= 15 is 0 Å². The first-order valence-corrected chi connectivity index (χ1v) is 41.4. The highest BCUT2D eigenvalue weighted by atomic mass is 32.2. The zero-order valence-corrected chi connectivity index (χ0v) is 70.6. The van der Waals surface area contributed by atoms with Crippen molar-refractivity contribution in [1.29, 1.82) is 0 Å². The van der Waals surface area contributed by atoms with Gasteiger partial charge in [-0.25, -0.2) is 0 Å². The van der Waals surface area contributed by atoms with Crippen LogP contribution < -0.4 is 86.3 Å². The molecule has 22 N–H and O–H groups in total. The minimum absolute atomic E-state index is 0.0222. The van der Waals surface area contributed by atoms with Crippen molar-refractivity contribution < 1.29 is 77.6 Å². The number of carbonyl (C=O) groups excluding carboxylic acids is 13. The van der Waals surface area contributed by atoms with Crippen LogP contribution in [0.25, 0.3) is 0 Å². The number of nitrogens with two attached hydrogens (primary N) is 3. The summed E-state index contributed by atoms with van der Waals surface area (Å²) in [7, 11) is 0. The highest BCUT2D eigenvalue weighted by molar-refractivity contribution is 7.98. The monoisotopic (exact) mass is 1600 g/mol. The van der Waals surface area contributed by atoms with Gasteiger partial charge in [0.15, 0.2) is 0 Å². The fourth-order valence-electron chi connectivity index (χ4n) is 11.9. The van der Waals surface area contributed by atoms with Crippen LogP contribution in [-0.2, 0) is 68.7 Å². The lowest BCUT2D eigenvalue weighted by Gasteiger charge is -2.31. The van der Waals surface area contributed by atoms with Crippen LogP contribution in [0.5, 0.6) is 5.75 Å². The van der Waals surface area contributed by atoms with Crippen LogP contribution in [0.15, 0.2) is 36.0 Å². The second-order valence-corrected chi connectivity index (χ2v) is 32.4. The van der Waals surface area contributed by atoms with Crippen LogP contribution in [0.3, 0.4) is 0 Å². The molecular formula is C79H140N16O16S. The number of thioether (sulfide) groups is 1. The molecule has 0 aliphatic rings. The van der Waals surface area contributed by atoms with Crippen molar-refractivity contribution in [3.05, 3.63) is 41.6 Å². The quantitative estimate of drug-likeness (QED) is 0.0326. The molecule has 0 fully saturated rings. The van der Waals surface area contributed by atoms with Crippen LogP contribution in [0.4, 0.5) is 0 Å². The SMILES string of the molecule is CC=C(NC(=O)[C@@H](O)[C@@H](C)CC)C(=O)N[C@@H](CCSC)C(=O)N[C@H](CCCN)C(=O)N[C@H](C(=O)N[C@H](C(=O)N[C@H](C(=O)N[C@H](CCCCN)C(=O)N[C@H](C(=O)N[C@H](CC(C)C)C(=O)N[C@@H](CCCCN)C(=O)N[C@H](Cc1ccc(O)cc1)C(=O)N[C@@H](CC(C)C)C(=O)N[C@H](CO)C(C)C)C(C)C)C(C)C)C(C)C)[C@@H](C)CC. The first-order chi connectivity index (χ1) is 52.7. The first kappa shape index (κ1) is 102. The molecule has 33 heteroatoms. The third kappa shape index (κ3) is 36.9. The Morgan fingerprint density at radius 3 is 1.16 bits per heavy atom. The Kier molecular flexibility index (Phi) is 49.1. The average Bonchev–Trinajstić information content (AvgIpc) is 0.850. The molecule has 0 aliphatic heterocycles. The van der Waals surface area contributed by atoms with Crippen molar-refractivity contribution in [3.8, 4) is 5.75 Å². The molecular weight excluding hydrogens is 1460 g/mol. The summed E-state index contributed by atoms with van der Waals surface area (Å²) in [6.45, 7) is 29.8. The molecule has 638 valence electrons. The number of allylic oxidation sites excluding steroid dienone is 1. The van der Waals surface area contributed by atoms with Gasteiger partial charge in [-0.3, -0.25) is 62.3 Å². The Balaban J connectivity index is 3.64. The number of aliphatic hydroxyl groups is 2. The number of amides is 13. The fraction of sp³-hybridized carbons (Fsp3) is 0.734. The van der Waals surface area contributed by atoms with Gasteiger partial charge in [-0.05, 0) is 174 Å². The number of hydrogen-bond acceptors (Lipinski definition) is 20. The summed E-state index contributed by atoms with van der Waals surface area (Å²) in [5.74, 6) is -12.7. The van der Waals surface area contributed by atoms with E-state index in [4.69, 9.17) is 17.2 Å². The summed E-state index contributed by atoms with van der Waals surface area (Å²) in [4.78, 5) is 186. The van der Waals surface area contributed by atoms with Gasteiger partial charge in [0.05, 0.1) is 12.6 Å². The topological polar surface area (TPSA) is 517 Å². The zero-order valence-electron chi connectivity index (χ0n) is 69.7. The van der Waals surface area contributed by atoms with Crippen LogP contribution >= 0.6 is 11.8 Å². The lowest BCUT2D eigenvalue weighted by molar-refractivity contribution is -0.137. The number of phenolic OH excluding ortho intramolecular Hbond substituents is 1. The molecule has 0 heterocycles. The van der Waals surface area contributed by atoms with Gasteiger partial charge in [-0.15, -0.1) is 0 Å². The Hall–Kier alpha value is -7.98. The molecule has 0 saturated carbocycles. The standard InChI is InChI=1S/C79H140N16O16S/c1-19-49(16)65(95-71(103)56(29-26-37-82)84-69(101)57(34-38-112-18)86-67(99)53(21-3)83-79(111)66(98)50(17)20-2)78(110)94-64(48(14)15)77(109)93-63(47(12)13)75(107)87-55(28-23-25-36-81)70(102)92-62(46(10)11)76(108)90-59(40-44(6)7)72(104)85-54(27-22-24-35-80)68(100)89-60(41-51-30-32-52(97)33-31-51)74(106)88-58(39-43(4)5)73(105)91-61(42-96)45(8)9/h21,30-33,43-50,54-66,96-98H,19-20,22-29,34-42,80-82H2,1-18H3,(H,83,111)(H,84,101)(H,85,104)(H,86,99)(H,87,107)(H,88,106)(H,89,100)(H,90,108)(H,91,105)(H,92,102)(H,93,109)(H,94,110)(H,95,103)/t49-,50-,54-,55+,56+,57-,58-,59+,60+,61+,62-,63-,64-,65-,66-/m0/s1.